The molecule has 0 spiro atoms. The van der Waals surface area contributed by atoms with Crippen molar-refractivity contribution in [3.05, 3.63) is 29.8 Å². The number of likely N-dealkylation sites (tertiary alicyclic amines) is 1. The van der Waals surface area contributed by atoms with Gasteiger partial charge < -0.3 is 14.7 Å². The smallest absolute Gasteiger partial charge is 0.223 e. The van der Waals surface area contributed by atoms with Crippen molar-refractivity contribution in [2.24, 2.45) is 11.1 Å². The topological polar surface area (TPSA) is 110 Å². The van der Waals surface area contributed by atoms with Gasteiger partial charge in [0.25, 0.3) is 0 Å². The number of ether oxygens (including phenoxy) is 1. The molecule has 3 N–H and O–H groups in total. The van der Waals surface area contributed by atoms with E-state index in [-0.39, 0.29) is 36.6 Å². The highest BCUT2D eigenvalue weighted by Crippen LogP contribution is 2.32. The Hall–Kier alpha value is -1.64. The number of primary sulfonamides is 1. The Bertz CT molecular complexity index is 644. The van der Waals surface area contributed by atoms with E-state index in [1.807, 2.05) is 12.1 Å². The third kappa shape index (κ3) is 4.66. The molecule has 0 bridgehead atoms. The molecule has 1 saturated heterocycles. The molecule has 128 valence electrons. The van der Waals surface area contributed by atoms with Crippen molar-refractivity contribution >= 4 is 15.9 Å². The van der Waals surface area contributed by atoms with E-state index in [4.69, 9.17) is 9.88 Å². The average molecular weight is 342 g/mol. The fourth-order valence-corrected chi connectivity index (χ4v) is 3.88. The van der Waals surface area contributed by atoms with E-state index < -0.39 is 10.0 Å². The minimum absolute atomic E-state index is 0.0691. The lowest BCUT2D eigenvalue weighted by Gasteiger charge is -2.28. The van der Waals surface area contributed by atoms with E-state index in [1.54, 1.807) is 24.1 Å². The number of carbonyl (C=O) groups is 1. The van der Waals surface area contributed by atoms with Gasteiger partial charge in [-0.1, -0.05) is 12.1 Å². The lowest BCUT2D eigenvalue weighted by Crippen LogP contribution is -2.32. The van der Waals surface area contributed by atoms with E-state index in [0.29, 0.717) is 18.7 Å². The first-order valence-electron chi connectivity index (χ1n) is 7.39. The lowest BCUT2D eigenvalue weighted by atomic mass is 10.0. The van der Waals surface area contributed by atoms with Crippen LogP contribution in [-0.2, 0) is 14.8 Å². The maximum atomic E-state index is 12.3. The van der Waals surface area contributed by atoms with Gasteiger partial charge in [0, 0.05) is 25.5 Å². The maximum absolute atomic E-state index is 12.3. The van der Waals surface area contributed by atoms with Crippen LogP contribution < -0.4 is 9.88 Å². The first kappa shape index (κ1) is 17.7. The third-order valence-electron chi connectivity index (χ3n) is 3.99. The number of benzene rings is 1. The summed E-state index contributed by atoms with van der Waals surface area (Å²) in [6, 6.07) is 6.99. The number of aliphatic hydroxyl groups is 1. The predicted octanol–water partition coefficient (Wildman–Crippen LogP) is 0.256. The molecule has 1 heterocycles. The Morgan fingerprint density at radius 2 is 2.04 bits per heavy atom. The zero-order valence-electron chi connectivity index (χ0n) is 13.0. The van der Waals surface area contributed by atoms with Gasteiger partial charge in [-0.25, -0.2) is 13.6 Å². The molecule has 0 radical (unpaired) electrons. The Morgan fingerprint density at radius 3 is 2.57 bits per heavy atom. The fraction of sp³-hybridized carbons (Fsp3) is 0.533. The van der Waals surface area contributed by atoms with Gasteiger partial charge in [0.15, 0.2) is 0 Å². The summed E-state index contributed by atoms with van der Waals surface area (Å²) >= 11 is 0. The van der Waals surface area contributed by atoms with Crippen molar-refractivity contribution in [3.63, 3.8) is 0 Å². The molecule has 1 fully saturated rings. The molecule has 2 unspecified atom stereocenters. The van der Waals surface area contributed by atoms with Crippen LogP contribution in [-0.4, -0.2) is 50.3 Å². The minimum atomic E-state index is -3.61. The molecule has 2 atom stereocenters. The van der Waals surface area contributed by atoms with Crippen LogP contribution in [0.5, 0.6) is 5.75 Å². The summed E-state index contributed by atoms with van der Waals surface area (Å²) in [6.45, 7) is 0.256. The number of sulfonamides is 1. The minimum Gasteiger partial charge on any atom is -0.497 e. The van der Waals surface area contributed by atoms with Crippen LogP contribution >= 0.6 is 0 Å². The summed E-state index contributed by atoms with van der Waals surface area (Å²) in [5.74, 6) is 0.0742. The second kappa shape index (κ2) is 7.29. The number of amides is 1. The quantitative estimate of drug-likeness (QED) is 0.738. The summed E-state index contributed by atoms with van der Waals surface area (Å²) in [5, 5.41) is 14.4. The van der Waals surface area contributed by atoms with E-state index in [2.05, 4.69) is 0 Å². The summed E-state index contributed by atoms with van der Waals surface area (Å²) in [5.41, 5.74) is 0.879. The molecular weight excluding hydrogens is 320 g/mol. The summed E-state index contributed by atoms with van der Waals surface area (Å²) in [6.07, 6.45) is 0.550. The van der Waals surface area contributed by atoms with E-state index in [1.165, 1.54) is 0 Å². The number of methoxy groups -OCH3 is 1. The van der Waals surface area contributed by atoms with Crippen molar-refractivity contribution in [3.8, 4) is 5.75 Å². The van der Waals surface area contributed by atoms with Crippen LogP contribution in [0.15, 0.2) is 24.3 Å². The summed E-state index contributed by atoms with van der Waals surface area (Å²) < 4.78 is 27.6. The van der Waals surface area contributed by atoms with Gasteiger partial charge in [-0.2, -0.15) is 0 Å². The fourth-order valence-electron chi connectivity index (χ4n) is 3.00. The largest absolute Gasteiger partial charge is 0.497 e. The predicted molar refractivity (Wildman–Crippen MR) is 85.2 cm³/mol. The van der Waals surface area contributed by atoms with Crippen molar-refractivity contribution in [1.82, 2.24) is 4.90 Å². The molecule has 0 saturated carbocycles. The lowest BCUT2D eigenvalue weighted by molar-refractivity contribution is -0.130. The zero-order valence-corrected chi connectivity index (χ0v) is 13.8. The normalized spacial score (nSPS) is 19.9. The molecular formula is C15H22N2O5S. The molecule has 7 nitrogen and oxygen atoms in total. The highest BCUT2D eigenvalue weighted by Gasteiger charge is 2.36. The van der Waals surface area contributed by atoms with Crippen molar-refractivity contribution in [1.29, 1.82) is 0 Å². The maximum Gasteiger partial charge on any atom is 0.223 e. The monoisotopic (exact) mass is 342 g/mol. The van der Waals surface area contributed by atoms with Crippen molar-refractivity contribution in [2.75, 3.05) is 26.0 Å². The number of nitrogens with two attached hydrogens (primary N) is 1. The second-order valence-electron chi connectivity index (χ2n) is 5.75. The van der Waals surface area contributed by atoms with Gasteiger partial charge in [-0.3, -0.25) is 4.79 Å². The SMILES string of the molecule is COc1ccc(C(CCO)N2CC(CS(N)(=O)=O)CC2=O)cc1. The van der Waals surface area contributed by atoms with E-state index in [9.17, 15) is 18.3 Å². The molecule has 1 aromatic carbocycles. The van der Waals surface area contributed by atoms with Gasteiger partial charge in [0.1, 0.15) is 5.75 Å². The molecule has 1 aliphatic heterocycles. The van der Waals surface area contributed by atoms with Gasteiger partial charge in [0.05, 0.1) is 18.9 Å². The van der Waals surface area contributed by atoms with Crippen LogP contribution in [0.4, 0.5) is 0 Å². The van der Waals surface area contributed by atoms with Gasteiger partial charge in [-0.05, 0) is 24.1 Å². The number of hydrogen-bond donors (Lipinski definition) is 2. The summed E-state index contributed by atoms with van der Waals surface area (Å²) in [4.78, 5) is 13.9. The molecule has 0 aromatic heterocycles. The Kier molecular flexibility index (Phi) is 5.61. The van der Waals surface area contributed by atoms with E-state index in [0.717, 1.165) is 5.56 Å². The number of hydrogen-bond acceptors (Lipinski definition) is 5. The molecule has 1 aliphatic rings. The Labute approximate surface area is 136 Å². The third-order valence-corrected chi connectivity index (χ3v) is 4.92. The number of rotatable bonds is 7. The molecule has 0 aliphatic carbocycles. The first-order chi connectivity index (χ1) is 10.8. The van der Waals surface area contributed by atoms with Gasteiger partial charge in [0.2, 0.25) is 15.9 Å². The highest BCUT2D eigenvalue weighted by atomic mass is 32.2. The van der Waals surface area contributed by atoms with Crippen LogP contribution in [0.1, 0.15) is 24.4 Å². The van der Waals surface area contributed by atoms with E-state index >= 15 is 0 Å². The number of carbonyl (C=O) groups excluding carboxylic acids is 1. The molecule has 23 heavy (non-hydrogen) atoms. The number of aliphatic hydroxyl groups excluding tert-OH is 1. The van der Waals surface area contributed by atoms with Crippen LogP contribution in [0, 0.1) is 5.92 Å². The second-order valence-corrected chi connectivity index (χ2v) is 7.41. The molecule has 2 rings (SSSR count). The zero-order chi connectivity index (χ0) is 17.0. The number of nitrogens with zero attached hydrogens (tertiary/aromatic N) is 1. The van der Waals surface area contributed by atoms with Crippen LogP contribution in [0.2, 0.25) is 0 Å². The van der Waals surface area contributed by atoms with Crippen molar-refractivity contribution in [2.45, 2.75) is 18.9 Å². The Morgan fingerprint density at radius 1 is 1.39 bits per heavy atom. The molecule has 1 amide bonds. The van der Waals surface area contributed by atoms with Gasteiger partial charge >= 0.3 is 0 Å². The van der Waals surface area contributed by atoms with Crippen molar-refractivity contribution < 1.29 is 23.1 Å². The highest BCUT2D eigenvalue weighted by molar-refractivity contribution is 7.89. The average Bonchev–Trinajstić information content (AvgIpc) is 2.83. The molecule has 8 heteroatoms. The van der Waals surface area contributed by atoms with Crippen LogP contribution in [0.25, 0.3) is 0 Å². The first-order valence-corrected chi connectivity index (χ1v) is 9.10. The Balaban J connectivity index is 2.18. The van der Waals surface area contributed by atoms with Crippen LogP contribution in [0.3, 0.4) is 0 Å². The van der Waals surface area contributed by atoms with Gasteiger partial charge in [-0.15, -0.1) is 0 Å². The summed E-state index contributed by atoms with van der Waals surface area (Å²) in [7, 11) is -2.04. The molecule has 1 aromatic rings. The standard InChI is InChI=1S/C15H22N2O5S/c1-22-13-4-2-12(3-5-13)14(6-7-18)17-9-11(8-15(17)19)10-23(16,20)21/h2-5,11,14,18H,6-10H2,1H3,(H2,16,20,21).